The van der Waals surface area contributed by atoms with Gasteiger partial charge in [0.1, 0.15) is 23.3 Å². The van der Waals surface area contributed by atoms with E-state index in [1.165, 1.54) is 6.92 Å². The number of nitrogens with zero attached hydrogens (tertiary/aromatic N) is 3. The molecule has 1 aromatic heterocycles. The molecule has 1 amide bonds. The van der Waals surface area contributed by atoms with Crippen molar-refractivity contribution in [2.24, 2.45) is 5.92 Å². The van der Waals surface area contributed by atoms with Crippen LogP contribution in [-0.2, 0) is 16.6 Å². The number of likely N-dealkylation sites (N-methyl/N-ethyl adjacent to an activating group) is 1. The number of aliphatic hydroxyl groups is 1. The number of carbonyl (C=O) groups excluding carboxylic acids is 1. The van der Waals surface area contributed by atoms with E-state index in [0.717, 1.165) is 17.1 Å². The van der Waals surface area contributed by atoms with Crippen molar-refractivity contribution in [3.05, 3.63) is 95.4 Å². The summed E-state index contributed by atoms with van der Waals surface area (Å²) in [5, 5.41) is 13.8. The molecular formula is C34H40N4O7S. The van der Waals surface area contributed by atoms with Gasteiger partial charge in [-0.05, 0) is 69.8 Å². The van der Waals surface area contributed by atoms with Crippen LogP contribution < -0.4 is 14.2 Å². The minimum absolute atomic E-state index is 0.0670. The number of nitrogens with one attached hydrogen (secondary N) is 1. The molecule has 0 saturated carbocycles. The second-order valence-corrected chi connectivity index (χ2v) is 13.4. The number of aromatic nitrogens is 1. The fourth-order valence-corrected chi connectivity index (χ4v) is 6.96. The molecule has 244 valence electrons. The molecule has 0 aliphatic carbocycles. The van der Waals surface area contributed by atoms with Gasteiger partial charge in [-0.25, -0.2) is 8.42 Å². The first kappa shape index (κ1) is 33.0. The largest absolute Gasteiger partial charge is 0.486 e. The summed E-state index contributed by atoms with van der Waals surface area (Å²) in [5.41, 5.74) is 1.61. The fraction of sp³-hybridized carbons (Fsp3) is 0.353. The van der Waals surface area contributed by atoms with E-state index in [2.05, 4.69) is 14.8 Å². The van der Waals surface area contributed by atoms with Gasteiger partial charge in [-0.3, -0.25) is 14.4 Å². The van der Waals surface area contributed by atoms with Crippen LogP contribution in [0, 0.1) is 19.8 Å². The van der Waals surface area contributed by atoms with E-state index in [4.69, 9.17) is 14.0 Å². The molecule has 2 heterocycles. The molecule has 11 nitrogen and oxygen atoms in total. The molecule has 12 heteroatoms. The van der Waals surface area contributed by atoms with Gasteiger partial charge in [0.15, 0.2) is 16.4 Å². The summed E-state index contributed by atoms with van der Waals surface area (Å²) in [6.07, 6.45) is -0.435. The first-order valence-electron chi connectivity index (χ1n) is 15.1. The minimum atomic E-state index is -4.13. The number of carbonyl (C=O) groups is 1. The molecule has 4 aromatic rings. The van der Waals surface area contributed by atoms with Gasteiger partial charge in [0.05, 0.1) is 23.9 Å². The fourth-order valence-electron chi connectivity index (χ4n) is 5.57. The number of aliphatic hydroxyl groups excluding tert-OH is 1. The maximum absolute atomic E-state index is 13.8. The van der Waals surface area contributed by atoms with Crippen molar-refractivity contribution in [2.75, 3.05) is 31.5 Å². The third kappa shape index (κ3) is 7.35. The lowest BCUT2D eigenvalue weighted by Gasteiger charge is -2.38. The van der Waals surface area contributed by atoms with E-state index in [1.807, 2.05) is 68.6 Å². The number of hydrogen-bond acceptors (Lipinski definition) is 9. The number of hydrogen-bond donors (Lipinski definition) is 2. The van der Waals surface area contributed by atoms with E-state index in [-0.39, 0.29) is 51.8 Å². The number of aryl methyl sites for hydroxylation is 2. The maximum Gasteiger partial charge on any atom is 0.267 e. The van der Waals surface area contributed by atoms with Crippen molar-refractivity contribution < 1.29 is 32.3 Å². The number of anilines is 1. The number of benzene rings is 3. The van der Waals surface area contributed by atoms with E-state index in [0.29, 0.717) is 19.6 Å². The molecule has 0 unspecified atom stereocenters. The van der Waals surface area contributed by atoms with Crippen LogP contribution in [0.1, 0.15) is 41.2 Å². The second kappa shape index (κ2) is 13.9. The van der Waals surface area contributed by atoms with Crippen LogP contribution in [0.3, 0.4) is 0 Å². The van der Waals surface area contributed by atoms with Crippen LogP contribution in [-0.4, -0.2) is 73.3 Å². The summed E-state index contributed by atoms with van der Waals surface area (Å²) >= 11 is 0. The van der Waals surface area contributed by atoms with Gasteiger partial charge < -0.3 is 24.0 Å². The first-order chi connectivity index (χ1) is 22.0. The summed E-state index contributed by atoms with van der Waals surface area (Å²) in [6.45, 7) is 8.05. The summed E-state index contributed by atoms with van der Waals surface area (Å²) < 4.78 is 47.2. The second-order valence-electron chi connectivity index (χ2n) is 11.8. The van der Waals surface area contributed by atoms with Crippen LogP contribution in [0.15, 0.2) is 82.2 Å². The molecule has 1 aliphatic heterocycles. The molecule has 0 spiro atoms. The number of amides is 1. The topological polar surface area (TPSA) is 134 Å². The number of para-hydroxylation sites is 2. The highest BCUT2D eigenvalue weighted by Gasteiger charge is 2.35. The zero-order valence-corrected chi connectivity index (χ0v) is 27.5. The average molecular weight is 649 g/mol. The van der Waals surface area contributed by atoms with Crippen LogP contribution in [0.4, 0.5) is 5.69 Å². The van der Waals surface area contributed by atoms with Crippen molar-refractivity contribution in [2.45, 2.75) is 51.3 Å². The van der Waals surface area contributed by atoms with Gasteiger partial charge in [-0.15, -0.1) is 0 Å². The Balaban J connectivity index is 1.41. The average Bonchev–Trinajstić information content (AvgIpc) is 3.38. The monoisotopic (exact) mass is 648 g/mol. The van der Waals surface area contributed by atoms with Crippen molar-refractivity contribution in [3.8, 4) is 17.2 Å². The predicted molar refractivity (Wildman–Crippen MR) is 174 cm³/mol. The van der Waals surface area contributed by atoms with E-state index in [9.17, 15) is 18.3 Å². The van der Waals surface area contributed by atoms with Gasteiger partial charge >= 0.3 is 0 Å². The SMILES string of the molecule is Cc1noc(C)c1S(=O)(=O)Nc1cccc2c1O[C@H](CN(C)Cc1ccc(Oc3ccccc3)cc1)[C@H](C)CN([C@@H](C)CO)C2=O. The van der Waals surface area contributed by atoms with Crippen LogP contribution in [0.5, 0.6) is 17.2 Å². The van der Waals surface area contributed by atoms with Crippen molar-refractivity contribution in [1.82, 2.24) is 15.0 Å². The Morgan fingerprint density at radius 2 is 1.76 bits per heavy atom. The third-order valence-electron chi connectivity index (χ3n) is 8.02. The Labute approximate surface area is 269 Å². The molecule has 0 radical (unpaired) electrons. The molecule has 0 bridgehead atoms. The molecule has 3 aromatic carbocycles. The summed E-state index contributed by atoms with van der Waals surface area (Å²) in [6, 6.07) is 21.8. The predicted octanol–water partition coefficient (Wildman–Crippen LogP) is 5.24. The number of rotatable bonds is 11. The van der Waals surface area contributed by atoms with Crippen molar-refractivity contribution in [1.29, 1.82) is 0 Å². The van der Waals surface area contributed by atoms with E-state index < -0.39 is 22.2 Å². The van der Waals surface area contributed by atoms with Gasteiger partial charge in [-0.2, -0.15) is 0 Å². The van der Waals surface area contributed by atoms with Gasteiger partial charge in [0.25, 0.3) is 15.9 Å². The zero-order valence-electron chi connectivity index (χ0n) is 26.6. The molecule has 0 saturated heterocycles. The quantitative estimate of drug-likeness (QED) is 0.224. The summed E-state index contributed by atoms with van der Waals surface area (Å²) in [5.74, 6) is 1.26. The van der Waals surface area contributed by atoms with Crippen molar-refractivity contribution in [3.63, 3.8) is 0 Å². The molecule has 0 fully saturated rings. The molecule has 46 heavy (non-hydrogen) atoms. The Morgan fingerprint density at radius 3 is 2.41 bits per heavy atom. The standard InChI is InChI=1S/C34H40N4O7S/c1-22-18-38(23(2)21-39)34(40)29-12-9-13-30(36-46(41,42)33-24(3)35-45-25(33)4)32(29)44-31(22)20-37(5)19-26-14-16-28(17-15-26)43-27-10-7-6-8-11-27/h6-17,22-23,31,36,39H,18-21H2,1-5H3/t22-,23+,31-/m1/s1. The number of ether oxygens (including phenoxy) is 2. The first-order valence-corrected chi connectivity index (χ1v) is 16.6. The van der Waals surface area contributed by atoms with Crippen LogP contribution in [0.2, 0.25) is 0 Å². The smallest absolute Gasteiger partial charge is 0.267 e. The highest BCUT2D eigenvalue weighted by molar-refractivity contribution is 7.92. The Bertz CT molecular complexity index is 1740. The third-order valence-corrected chi connectivity index (χ3v) is 9.63. The Kier molecular flexibility index (Phi) is 10.00. The molecule has 3 atom stereocenters. The van der Waals surface area contributed by atoms with Gasteiger partial charge in [0, 0.05) is 25.6 Å². The van der Waals surface area contributed by atoms with Crippen LogP contribution in [0.25, 0.3) is 0 Å². The lowest BCUT2D eigenvalue weighted by atomic mass is 9.99. The lowest BCUT2D eigenvalue weighted by Crippen LogP contribution is -2.49. The van der Waals surface area contributed by atoms with E-state index >= 15 is 0 Å². The normalized spacial score (nSPS) is 17.5. The highest BCUT2D eigenvalue weighted by atomic mass is 32.2. The number of fused-ring (bicyclic) bond motifs is 1. The molecular weight excluding hydrogens is 608 g/mol. The molecule has 5 rings (SSSR count). The summed E-state index contributed by atoms with van der Waals surface area (Å²) in [4.78, 5) is 17.5. The minimum Gasteiger partial charge on any atom is -0.486 e. The maximum atomic E-state index is 13.8. The Hall–Kier alpha value is -4.39. The zero-order chi connectivity index (χ0) is 33.0. The molecule has 1 aliphatic rings. The van der Waals surface area contributed by atoms with Crippen LogP contribution >= 0.6 is 0 Å². The van der Waals surface area contributed by atoms with Gasteiger partial charge in [0.2, 0.25) is 0 Å². The van der Waals surface area contributed by atoms with E-state index in [1.54, 1.807) is 36.9 Å². The summed E-state index contributed by atoms with van der Waals surface area (Å²) in [7, 11) is -2.15. The molecule has 2 N–H and O–H groups in total. The van der Waals surface area contributed by atoms with Crippen molar-refractivity contribution >= 4 is 21.6 Å². The van der Waals surface area contributed by atoms with Gasteiger partial charge in [-0.1, -0.05) is 48.5 Å². The highest BCUT2D eigenvalue weighted by Crippen LogP contribution is 2.37. The lowest BCUT2D eigenvalue weighted by molar-refractivity contribution is 0.0344. The number of sulfonamides is 1. The Morgan fingerprint density at radius 1 is 1.07 bits per heavy atom.